The normalized spacial score (nSPS) is 10.6. The number of benzene rings is 1. The molecule has 0 spiro atoms. The Balaban J connectivity index is 2.35. The Morgan fingerprint density at radius 3 is 2.60 bits per heavy atom. The zero-order valence-electron chi connectivity index (χ0n) is 12.6. The third kappa shape index (κ3) is 6.23. The molecule has 0 aliphatic heterocycles. The number of hydrogen-bond acceptors (Lipinski definition) is 5. The summed E-state index contributed by atoms with van der Waals surface area (Å²) >= 11 is 0. The fourth-order valence-electron chi connectivity index (χ4n) is 1.74. The summed E-state index contributed by atoms with van der Waals surface area (Å²) < 4.78 is 21.3. The second-order valence-electron chi connectivity index (χ2n) is 4.31. The molecule has 0 amide bonds. The Kier molecular flexibility index (Phi) is 8.78. The molecule has 0 aromatic heterocycles. The average molecular weight is 283 g/mol. The lowest BCUT2D eigenvalue weighted by molar-refractivity contribution is 0.0644. The lowest BCUT2D eigenvalue weighted by atomic mass is 10.2. The van der Waals surface area contributed by atoms with Gasteiger partial charge in [0.1, 0.15) is 11.5 Å². The van der Waals surface area contributed by atoms with E-state index < -0.39 is 0 Å². The van der Waals surface area contributed by atoms with Gasteiger partial charge in [0.15, 0.2) is 0 Å². The van der Waals surface area contributed by atoms with Crippen LogP contribution in [-0.2, 0) is 16.0 Å². The highest BCUT2D eigenvalue weighted by atomic mass is 16.5. The summed E-state index contributed by atoms with van der Waals surface area (Å²) in [5, 5.41) is 3.13. The smallest absolute Gasteiger partial charge is 0.124 e. The Bertz CT molecular complexity index is 371. The van der Waals surface area contributed by atoms with Crippen LogP contribution in [0.2, 0.25) is 0 Å². The molecule has 0 saturated carbocycles. The molecule has 0 aliphatic rings. The summed E-state index contributed by atoms with van der Waals surface area (Å²) in [5.41, 5.74) is 1.09. The van der Waals surface area contributed by atoms with E-state index in [-0.39, 0.29) is 0 Å². The van der Waals surface area contributed by atoms with Gasteiger partial charge in [0.25, 0.3) is 0 Å². The van der Waals surface area contributed by atoms with Crippen molar-refractivity contribution in [3.63, 3.8) is 0 Å². The van der Waals surface area contributed by atoms with Crippen LogP contribution in [0.15, 0.2) is 18.2 Å². The first-order chi connectivity index (χ1) is 9.81. The van der Waals surface area contributed by atoms with E-state index in [1.54, 1.807) is 14.2 Å². The third-order valence-corrected chi connectivity index (χ3v) is 2.76. The summed E-state index contributed by atoms with van der Waals surface area (Å²) in [5.74, 6) is 1.72. The number of ether oxygens (including phenoxy) is 4. The van der Waals surface area contributed by atoms with Gasteiger partial charge < -0.3 is 24.3 Å². The van der Waals surface area contributed by atoms with Crippen molar-refractivity contribution in [2.45, 2.75) is 13.0 Å². The highest BCUT2D eigenvalue weighted by Crippen LogP contribution is 2.24. The van der Waals surface area contributed by atoms with Crippen molar-refractivity contribution >= 4 is 0 Å². The van der Waals surface area contributed by atoms with Gasteiger partial charge in [-0.2, -0.15) is 0 Å². The van der Waals surface area contributed by atoms with Gasteiger partial charge in [-0.05, 0) is 25.2 Å². The van der Waals surface area contributed by atoms with Crippen molar-refractivity contribution in [2.24, 2.45) is 0 Å². The van der Waals surface area contributed by atoms with Crippen molar-refractivity contribution in [2.75, 3.05) is 47.7 Å². The molecule has 0 fully saturated rings. The number of hydrogen-bond donors (Lipinski definition) is 1. The SMILES string of the molecule is CNCc1cc(OC)ccc1OCCCOCCOC. The van der Waals surface area contributed by atoms with Crippen LogP contribution in [0.4, 0.5) is 0 Å². The number of rotatable bonds is 11. The molecular formula is C15H25NO4. The van der Waals surface area contributed by atoms with Gasteiger partial charge in [-0.3, -0.25) is 0 Å². The monoisotopic (exact) mass is 283 g/mol. The topological polar surface area (TPSA) is 49.0 Å². The maximum absolute atomic E-state index is 5.79. The first-order valence-corrected chi connectivity index (χ1v) is 6.82. The molecule has 114 valence electrons. The van der Waals surface area contributed by atoms with Gasteiger partial charge in [0, 0.05) is 32.2 Å². The van der Waals surface area contributed by atoms with E-state index in [1.165, 1.54) is 0 Å². The molecule has 0 saturated heterocycles. The second-order valence-corrected chi connectivity index (χ2v) is 4.31. The predicted octanol–water partition coefficient (Wildman–Crippen LogP) is 1.85. The Morgan fingerprint density at radius 1 is 1.05 bits per heavy atom. The summed E-state index contributed by atoms with van der Waals surface area (Å²) in [7, 11) is 5.24. The molecule has 0 aliphatic carbocycles. The largest absolute Gasteiger partial charge is 0.497 e. The molecule has 0 radical (unpaired) electrons. The van der Waals surface area contributed by atoms with Gasteiger partial charge >= 0.3 is 0 Å². The minimum absolute atomic E-state index is 0.629. The van der Waals surface area contributed by atoms with E-state index in [1.807, 2.05) is 25.2 Å². The van der Waals surface area contributed by atoms with Crippen LogP contribution in [0, 0.1) is 0 Å². The van der Waals surface area contributed by atoms with Crippen LogP contribution >= 0.6 is 0 Å². The summed E-state index contributed by atoms with van der Waals surface area (Å²) in [6.45, 7) is 3.32. The van der Waals surface area contributed by atoms with E-state index in [9.17, 15) is 0 Å². The maximum atomic E-state index is 5.79. The Labute approximate surface area is 121 Å². The van der Waals surface area contributed by atoms with Crippen LogP contribution in [0.5, 0.6) is 11.5 Å². The molecule has 0 unspecified atom stereocenters. The van der Waals surface area contributed by atoms with Crippen molar-refractivity contribution in [1.29, 1.82) is 0 Å². The van der Waals surface area contributed by atoms with Crippen LogP contribution < -0.4 is 14.8 Å². The molecule has 0 bridgehead atoms. The predicted molar refractivity (Wildman–Crippen MR) is 78.6 cm³/mol. The first kappa shape index (κ1) is 16.8. The van der Waals surface area contributed by atoms with E-state index in [2.05, 4.69) is 5.32 Å². The molecule has 1 N–H and O–H groups in total. The van der Waals surface area contributed by atoms with Crippen LogP contribution in [0.3, 0.4) is 0 Å². The van der Waals surface area contributed by atoms with E-state index >= 15 is 0 Å². The van der Waals surface area contributed by atoms with Gasteiger partial charge in [0.05, 0.1) is 26.9 Å². The lowest BCUT2D eigenvalue weighted by Gasteiger charge is -2.13. The molecule has 0 atom stereocenters. The van der Waals surface area contributed by atoms with E-state index in [0.717, 1.165) is 30.0 Å². The number of nitrogens with one attached hydrogen (secondary N) is 1. The van der Waals surface area contributed by atoms with E-state index in [0.29, 0.717) is 26.4 Å². The molecule has 1 aromatic carbocycles. The second kappa shape index (κ2) is 10.5. The van der Waals surface area contributed by atoms with Gasteiger partial charge in [-0.25, -0.2) is 0 Å². The summed E-state index contributed by atoms with van der Waals surface area (Å²) in [6.07, 6.45) is 0.856. The fourth-order valence-corrected chi connectivity index (χ4v) is 1.74. The molecule has 5 heteroatoms. The minimum Gasteiger partial charge on any atom is -0.497 e. The highest BCUT2D eigenvalue weighted by molar-refractivity contribution is 5.40. The van der Waals surface area contributed by atoms with Crippen molar-refractivity contribution in [1.82, 2.24) is 5.32 Å². The quantitative estimate of drug-likeness (QED) is 0.628. The van der Waals surface area contributed by atoms with E-state index in [4.69, 9.17) is 18.9 Å². The van der Waals surface area contributed by atoms with Crippen LogP contribution in [0.25, 0.3) is 0 Å². The zero-order valence-corrected chi connectivity index (χ0v) is 12.6. The third-order valence-electron chi connectivity index (χ3n) is 2.76. The maximum Gasteiger partial charge on any atom is 0.124 e. The average Bonchev–Trinajstić information content (AvgIpc) is 2.47. The van der Waals surface area contributed by atoms with Crippen molar-refractivity contribution in [3.8, 4) is 11.5 Å². The summed E-state index contributed by atoms with van der Waals surface area (Å²) in [4.78, 5) is 0. The van der Waals surface area contributed by atoms with Gasteiger partial charge in [-0.15, -0.1) is 0 Å². The van der Waals surface area contributed by atoms with Gasteiger partial charge in [0.2, 0.25) is 0 Å². The Hall–Kier alpha value is -1.30. The van der Waals surface area contributed by atoms with Crippen molar-refractivity contribution in [3.05, 3.63) is 23.8 Å². The fraction of sp³-hybridized carbons (Fsp3) is 0.600. The molecule has 1 aromatic rings. The van der Waals surface area contributed by atoms with Crippen molar-refractivity contribution < 1.29 is 18.9 Å². The standard InChI is InChI=1S/C15H25NO4/c1-16-12-13-11-14(18-3)5-6-15(13)20-8-4-7-19-10-9-17-2/h5-6,11,16H,4,7-10,12H2,1-3H3. The molecule has 0 heterocycles. The highest BCUT2D eigenvalue weighted by Gasteiger charge is 2.05. The Morgan fingerprint density at radius 2 is 1.90 bits per heavy atom. The molecular weight excluding hydrogens is 258 g/mol. The van der Waals surface area contributed by atoms with Crippen LogP contribution in [-0.4, -0.2) is 47.7 Å². The summed E-state index contributed by atoms with van der Waals surface area (Å²) in [6, 6.07) is 5.84. The minimum atomic E-state index is 0.629. The molecule has 1 rings (SSSR count). The lowest BCUT2D eigenvalue weighted by Crippen LogP contribution is -2.10. The molecule has 5 nitrogen and oxygen atoms in total. The number of methoxy groups -OCH3 is 2. The first-order valence-electron chi connectivity index (χ1n) is 6.82. The molecule has 20 heavy (non-hydrogen) atoms. The van der Waals surface area contributed by atoms with Crippen LogP contribution in [0.1, 0.15) is 12.0 Å². The van der Waals surface area contributed by atoms with Gasteiger partial charge in [-0.1, -0.05) is 0 Å². The zero-order chi connectivity index (χ0) is 14.6.